The first-order chi connectivity index (χ1) is 5.99. The van der Waals surface area contributed by atoms with Crippen LogP contribution in [0.1, 0.15) is 6.92 Å². The summed E-state index contributed by atoms with van der Waals surface area (Å²) in [5, 5.41) is 8.60. The van der Waals surface area contributed by atoms with Gasteiger partial charge >= 0.3 is 5.97 Å². The molecule has 5 heteroatoms. The molecule has 0 heterocycles. The molecule has 0 spiro atoms. The summed E-state index contributed by atoms with van der Waals surface area (Å²) < 4.78 is 0. The third-order valence-electron chi connectivity index (χ3n) is 1.66. The van der Waals surface area contributed by atoms with Gasteiger partial charge in [-0.15, -0.1) is 0 Å². The first kappa shape index (κ1) is 12.3. The molecular weight excluding hydrogens is 190 g/mol. The molecule has 1 unspecified atom stereocenters. The van der Waals surface area contributed by atoms with E-state index in [1.165, 1.54) is 16.7 Å². The minimum Gasteiger partial charge on any atom is -0.481 e. The van der Waals surface area contributed by atoms with E-state index in [1.54, 1.807) is 14.0 Å². The highest BCUT2D eigenvalue weighted by molar-refractivity contribution is 7.99. The minimum atomic E-state index is -0.871. The van der Waals surface area contributed by atoms with Gasteiger partial charge in [-0.3, -0.25) is 9.59 Å². The summed E-state index contributed by atoms with van der Waals surface area (Å²) in [7, 11) is 1.62. The van der Waals surface area contributed by atoms with Gasteiger partial charge in [-0.2, -0.15) is 11.8 Å². The molecule has 0 aromatic heterocycles. The van der Waals surface area contributed by atoms with Crippen LogP contribution in [0.25, 0.3) is 0 Å². The highest BCUT2D eigenvalue weighted by atomic mass is 32.2. The van der Waals surface area contributed by atoms with Crippen LogP contribution in [-0.2, 0) is 9.59 Å². The highest BCUT2D eigenvalue weighted by Crippen LogP contribution is 2.01. The van der Waals surface area contributed by atoms with Crippen LogP contribution in [0.15, 0.2) is 0 Å². The van der Waals surface area contributed by atoms with Crippen LogP contribution in [0.2, 0.25) is 0 Å². The van der Waals surface area contributed by atoms with Gasteiger partial charge in [0.05, 0.1) is 11.7 Å². The van der Waals surface area contributed by atoms with Crippen molar-refractivity contribution in [2.45, 2.75) is 6.92 Å². The second kappa shape index (κ2) is 5.85. The van der Waals surface area contributed by atoms with Crippen LogP contribution in [0.4, 0.5) is 0 Å². The summed E-state index contributed by atoms with van der Waals surface area (Å²) in [6.45, 7) is 1.86. The number of carbonyl (C=O) groups is 2. The Labute approximate surface area is 82.3 Å². The van der Waals surface area contributed by atoms with E-state index < -0.39 is 11.9 Å². The number of rotatable bonds is 5. The van der Waals surface area contributed by atoms with Crippen molar-refractivity contribution in [1.82, 2.24) is 4.90 Å². The molecule has 0 radical (unpaired) electrons. The van der Waals surface area contributed by atoms with Crippen molar-refractivity contribution in [3.05, 3.63) is 0 Å². The lowest BCUT2D eigenvalue weighted by Crippen LogP contribution is -2.34. The first-order valence-electron chi connectivity index (χ1n) is 3.94. The fourth-order valence-corrected chi connectivity index (χ4v) is 1.29. The van der Waals surface area contributed by atoms with E-state index in [0.29, 0.717) is 5.75 Å². The summed E-state index contributed by atoms with van der Waals surface area (Å²) in [5.74, 6) is -0.997. The molecular formula is C8H15NO3S. The summed E-state index contributed by atoms with van der Waals surface area (Å²) in [6, 6.07) is 0. The average molecular weight is 205 g/mol. The number of carbonyl (C=O) groups excluding carboxylic acids is 1. The molecule has 0 aromatic carbocycles. The minimum absolute atomic E-state index is 0.0272. The lowest BCUT2D eigenvalue weighted by molar-refractivity contribution is -0.142. The van der Waals surface area contributed by atoms with E-state index in [-0.39, 0.29) is 12.5 Å². The van der Waals surface area contributed by atoms with E-state index in [0.717, 1.165) is 0 Å². The van der Waals surface area contributed by atoms with Gasteiger partial charge in [-0.25, -0.2) is 0 Å². The second-order valence-corrected chi connectivity index (χ2v) is 3.81. The molecule has 4 nitrogen and oxygen atoms in total. The molecule has 0 aliphatic heterocycles. The number of hydrogen-bond donors (Lipinski definition) is 1. The van der Waals surface area contributed by atoms with Gasteiger partial charge in [0.2, 0.25) is 5.91 Å². The largest absolute Gasteiger partial charge is 0.481 e. The summed E-state index contributed by atoms with van der Waals surface area (Å²) in [6.07, 6.45) is 1.84. The molecule has 1 amide bonds. The number of thioether (sulfide) groups is 1. The zero-order valence-electron chi connectivity index (χ0n) is 8.11. The van der Waals surface area contributed by atoms with Crippen LogP contribution in [0.3, 0.4) is 0 Å². The lowest BCUT2D eigenvalue weighted by atomic mass is 10.2. The Morgan fingerprint density at radius 3 is 2.46 bits per heavy atom. The van der Waals surface area contributed by atoms with Gasteiger partial charge in [0, 0.05) is 13.6 Å². The van der Waals surface area contributed by atoms with Crippen LogP contribution in [0.5, 0.6) is 0 Å². The molecule has 0 aliphatic carbocycles. The smallest absolute Gasteiger partial charge is 0.308 e. The number of carboxylic acids is 1. The van der Waals surface area contributed by atoms with Crippen molar-refractivity contribution in [3.8, 4) is 0 Å². The third-order valence-corrected chi connectivity index (χ3v) is 2.20. The van der Waals surface area contributed by atoms with Crippen LogP contribution < -0.4 is 0 Å². The average Bonchev–Trinajstić information content (AvgIpc) is 2.04. The van der Waals surface area contributed by atoms with Gasteiger partial charge < -0.3 is 10.0 Å². The molecule has 0 aliphatic rings. The number of hydrogen-bond acceptors (Lipinski definition) is 3. The number of carboxylic acid groups (broad SMARTS) is 1. The van der Waals surface area contributed by atoms with Gasteiger partial charge in [-0.05, 0) is 6.26 Å². The molecule has 0 fully saturated rings. The van der Waals surface area contributed by atoms with Crippen molar-refractivity contribution in [3.63, 3.8) is 0 Å². The quantitative estimate of drug-likeness (QED) is 0.711. The molecule has 13 heavy (non-hydrogen) atoms. The Hall–Kier alpha value is -0.710. The van der Waals surface area contributed by atoms with Crippen molar-refractivity contribution >= 4 is 23.6 Å². The zero-order valence-corrected chi connectivity index (χ0v) is 8.93. The predicted molar refractivity (Wildman–Crippen MR) is 52.8 cm³/mol. The van der Waals surface area contributed by atoms with Crippen molar-refractivity contribution in [2.75, 3.05) is 25.6 Å². The third kappa shape index (κ3) is 4.77. The van der Waals surface area contributed by atoms with Crippen molar-refractivity contribution < 1.29 is 14.7 Å². The van der Waals surface area contributed by atoms with E-state index in [2.05, 4.69) is 0 Å². The van der Waals surface area contributed by atoms with Crippen LogP contribution in [-0.4, -0.2) is 47.5 Å². The van der Waals surface area contributed by atoms with Crippen LogP contribution in [0, 0.1) is 5.92 Å². The summed E-state index contributed by atoms with van der Waals surface area (Å²) in [4.78, 5) is 23.1. The normalized spacial score (nSPS) is 12.2. The molecule has 1 atom stereocenters. The van der Waals surface area contributed by atoms with E-state index >= 15 is 0 Å². The fourth-order valence-electron chi connectivity index (χ4n) is 0.824. The van der Waals surface area contributed by atoms with Crippen LogP contribution >= 0.6 is 11.8 Å². The summed E-state index contributed by atoms with van der Waals surface area (Å²) >= 11 is 1.43. The number of nitrogens with zero attached hydrogens (tertiary/aromatic N) is 1. The van der Waals surface area contributed by atoms with Gasteiger partial charge in [0.1, 0.15) is 0 Å². The zero-order chi connectivity index (χ0) is 10.4. The molecule has 76 valence electrons. The van der Waals surface area contributed by atoms with Gasteiger partial charge in [0.25, 0.3) is 0 Å². The molecule has 0 aromatic rings. The molecule has 0 bridgehead atoms. The summed E-state index contributed by atoms with van der Waals surface area (Å²) in [5.41, 5.74) is 0. The monoisotopic (exact) mass is 205 g/mol. The van der Waals surface area contributed by atoms with E-state index in [4.69, 9.17) is 5.11 Å². The Morgan fingerprint density at radius 1 is 1.54 bits per heavy atom. The standard InChI is InChI=1S/C8H15NO3S/c1-6(8(11)12)4-9(2)7(10)5-13-3/h6H,4-5H2,1-3H3,(H,11,12). The Morgan fingerprint density at radius 2 is 2.08 bits per heavy atom. The number of aliphatic carboxylic acids is 1. The predicted octanol–water partition coefficient (Wildman–Crippen LogP) is 0.529. The lowest BCUT2D eigenvalue weighted by Gasteiger charge is -2.18. The first-order valence-corrected chi connectivity index (χ1v) is 5.34. The Balaban J connectivity index is 3.92. The van der Waals surface area contributed by atoms with E-state index in [1.807, 2.05) is 6.26 Å². The maximum absolute atomic E-state index is 11.2. The van der Waals surface area contributed by atoms with Crippen molar-refractivity contribution in [1.29, 1.82) is 0 Å². The molecule has 0 saturated carbocycles. The molecule has 0 rings (SSSR count). The number of amides is 1. The van der Waals surface area contributed by atoms with Crippen molar-refractivity contribution in [2.24, 2.45) is 5.92 Å². The molecule has 1 N–H and O–H groups in total. The molecule has 0 saturated heterocycles. The maximum atomic E-state index is 11.2. The topological polar surface area (TPSA) is 57.6 Å². The maximum Gasteiger partial charge on any atom is 0.308 e. The second-order valence-electron chi connectivity index (χ2n) is 2.95. The van der Waals surface area contributed by atoms with E-state index in [9.17, 15) is 9.59 Å². The van der Waals surface area contributed by atoms with Gasteiger partial charge in [0.15, 0.2) is 0 Å². The SMILES string of the molecule is CSCC(=O)N(C)CC(C)C(=O)O. The fraction of sp³-hybridized carbons (Fsp3) is 0.750. The Kier molecular flexibility index (Phi) is 5.53. The Bertz CT molecular complexity index is 196. The highest BCUT2D eigenvalue weighted by Gasteiger charge is 2.16. The van der Waals surface area contributed by atoms with Gasteiger partial charge in [-0.1, -0.05) is 6.92 Å².